The molecule has 0 unspecified atom stereocenters. The van der Waals surface area contributed by atoms with Crippen molar-refractivity contribution in [1.82, 2.24) is 25.7 Å². The van der Waals surface area contributed by atoms with Gasteiger partial charge in [-0.3, -0.25) is 28.8 Å². The Hall–Kier alpha value is -4.26. The maximum absolute atomic E-state index is 12.0. The molecule has 0 spiro atoms. The number of nitrogens with zero attached hydrogens (tertiary/aromatic N) is 4. The zero-order valence-electron chi connectivity index (χ0n) is 42.8. The van der Waals surface area contributed by atoms with E-state index in [9.17, 15) is 28.8 Å². The number of rotatable bonds is 34. The number of aryl methyl sites for hydroxylation is 1. The molecule has 0 fully saturated rings. The van der Waals surface area contributed by atoms with Crippen LogP contribution in [-0.2, 0) is 58.9 Å². The van der Waals surface area contributed by atoms with E-state index < -0.39 is 0 Å². The third-order valence-corrected chi connectivity index (χ3v) is 9.41. The van der Waals surface area contributed by atoms with Gasteiger partial charge in [-0.05, 0) is 25.8 Å². The Morgan fingerprint density at radius 1 is 0.537 bits per heavy atom. The highest BCUT2D eigenvalue weighted by Crippen LogP contribution is 2.14. The van der Waals surface area contributed by atoms with Crippen molar-refractivity contribution in [2.45, 2.75) is 134 Å². The summed E-state index contributed by atoms with van der Waals surface area (Å²) in [5.74, 6) is 2.54. The van der Waals surface area contributed by atoms with Crippen LogP contribution in [0, 0.1) is 30.6 Å². The predicted octanol–water partition coefficient (Wildman–Crippen LogP) is 6.53. The Morgan fingerprint density at radius 2 is 0.940 bits per heavy atom. The summed E-state index contributed by atoms with van der Waals surface area (Å²) in [7, 11) is 0. The monoisotopic (exact) mass is 947 g/mol. The Labute approximate surface area is 401 Å². The number of hydrogen-bond acceptors (Lipinski definition) is 16. The van der Waals surface area contributed by atoms with Crippen LogP contribution in [0.25, 0.3) is 11.4 Å². The summed E-state index contributed by atoms with van der Waals surface area (Å²) in [6.07, 6.45) is 6.37. The predicted molar refractivity (Wildman–Crippen MR) is 260 cm³/mol. The van der Waals surface area contributed by atoms with Gasteiger partial charge in [-0.1, -0.05) is 99.4 Å². The highest BCUT2D eigenvalue weighted by Gasteiger charge is 2.10. The van der Waals surface area contributed by atoms with E-state index in [2.05, 4.69) is 32.6 Å². The molecule has 0 saturated heterocycles. The minimum absolute atomic E-state index is 0.0322. The molecule has 2 rings (SSSR count). The molecule has 1 aromatic carbocycles. The first kappa shape index (κ1) is 64.8. The average Bonchev–Trinajstić information content (AvgIpc) is 3.28. The van der Waals surface area contributed by atoms with E-state index >= 15 is 0 Å². The van der Waals surface area contributed by atoms with Gasteiger partial charge in [0, 0.05) is 74.4 Å². The number of nitrogens with two attached hydrogens (primary N) is 1. The van der Waals surface area contributed by atoms with Gasteiger partial charge in [0.2, 0.25) is 11.7 Å². The molecule has 3 N–H and O–H groups in total. The van der Waals surface area contributed by atoms with Crippen LogP contribution in [0.15, 0.2) is 24.3 Å². The van der Waals surface area contributed by atoms with Gasteiger partial charge in [0.15, 0.2) is 5.82 Å². The van der Waals surface area contributed by atoms with E-state index in [0.717, 1.165) is 24.0 Å². The first-order chi connectivity index (χ1) is 31.9. The Kier molecular flexibility index (Phi) is 41.7. The Bertz CT molecular complexity index is 1600. The molecule has 0 aliphatic carbocycles. The first-order valence-corrected chi connectivity index (χ1v) is 23.9. The van der Waals surface area contributed by atoms with Crippen LogP contribution < -0.4 is 11.1 Å². The number of hydrogen-bond donors (Lipinski definition) is 2. The van der Waals surface area contributed by atoms with Crippen LogP contribution in [0.4, 0.5) is 0 Å². The number of ketones is 5. The molecule has 1 aromatic heterocycles. The maximum atomic E-state index is 12.0. The fraction of sp³-hybridized carbons (Fsp3) is 0.720. The number of amides is 1. The quantitative estimate of drug-likeness (QED) is 0.0709. The van der Waals surface area contributed by atoms with Crippen molar-refractivity contribution in [3.63, 3.8) is 0 Å². The maximum Gasteiger partial charge on any atom is 0.224 e. The number of aromatic nitrogens is 4. The van der Waals surface area contributed by atoms with E-state index in [-0.39, 0.29) is 59.1 Å². The van der Waals surface area contributed by atoms with Gasteiger partial charge >= 0.3 is 0 Å². The summed E-state index contributed by atoms with van der Waals surface area (Å²) in [6, 6.07) is 7.38. The molecule has 0 aliphatic heterocycles. The number of carbonyl (C=O) groups excluding carboxylic acids is 6. The molecular weight excluding hydrogens is 861 g/mol. The van der Waals surface area contributed by atoms with Gasteiger partial charge in [0.05, 0.1) is 72.5 Å². The van der Waals surface area contributed by atoms with Crippen molar-refractivity contribution in [3.05, 3.63) is 35.7 Å². The number of Topliss-reactive ketones (excluding diaryl/α,β-unsaturated/α-hetero) is 5. The normalized spacial score (nSPS) is 10.7. The van der Waals surface area contributed by atoms with Gasteiger partial charge in [0.1, 0.15) is 28.9 Å². The lowest BCUT2D eigenvalue weighted by molar-refractivity contribution is -0.124. The fourth-order valence-electron chi connectivity index (χ4n) is 4.94. The number of unbranched alkanes of at least 4 members (excludes halogenated alkanes) is 2. The van der Waals surface area contributed by atoms with Gasteiger partial charge in [-0.15, -0.1) is 20.4 Å². The van der Waals surface area contributed by atoms with Crippen LogP contribution in [0.1, 0.15) is 132 Å². The van der Waals surface area contributed by atoms with Gasteiger partial charge in [0.25, 0.3) is 0 Å². The van der Waals surface area contributed by atoms with Crippen molar-refractivity contribution < 1.29 is 52.5 Å². The average molecular weight is 947 g/mol. The van der Waals surface area contributed by atoms with E-state index in [1.807, 2.05) is 79.7 Å². The second-order valence-electron chi connectivity index (χ2n) is 17.0. The SMILES string of the molecule is CC(=O)CCOCCOCCOCCC(=O)C(C)C.CC(C)C(=O)CCOCCN.CCCCCC(=O)C(C)C.Cc1nnc(-c2ccc(CC(=O)NCCOCCC(=O)C(C)C)cc2)nn1. The van der Waals surface area contributed by atoms with E-state index in [1.54, 1.807) is 13.8 Å². The van der Waals surface area contributed by atoms with Crippen molar-refractivity contribution in [1.29, 1.82) is 0 Å². The molecule has 382 valence electrons. The lowest BCUT2D eigenvalue weighted by atomic mass is 10.0. The third-order valence-electron chi connectivity index (χ3n) is 9.41. The van der Waals surface area contributed by atoms with Gasteiger partial charge < -0.3 is 34.7 Å². The lowest BCUT2D eigenvalue weighted by Crippen LogP contribution is -2.28. The fourth-order valence-corrected chi connectivity index (χ4v) is 4.94. The summed E-state index contributed by atoms with van der Waals surface area (Å²) in [4.78, 5) is 67.3. The molecule has 1 heterocycles. The van der Waals surface area contributed by atoms with Crippen molar-refractivity contribution >= 4 is 34.8 Å². The second-order valence-corrected chi connectivity index (χ2v) is 17.0. The van der Waals surface area contributed by atoms with Crippen LogP contribution in [-0.4, -0.2) is 134 Å². The largest absolute Gasteiger partial charge is 0.380 e. The summed E-state index contributed by atoms with van der Waals surface area (Å²) in [5.41, 5.74) is 6.87. The molecule has 2 aromatic rings. The van der Waals surface area contributed by atoms with E-state index in [4.69, 9.17) is 29.4 Å². The van der Waals surface area contributed by atoms with Crippen LogP contribution >= 0.6 is 0 Å². The summed E-state index contributed by atoms with van der Waals surface area (Å²) < 4.78 is 26.2. The van der Waals surface area contributed by atoms with Gasteiger partial charge in [-0.2, -0.15) is 0 Å². The van der Waals surface area contributed by atoms with E-state index in [0.29, 0.717) is 122 Å². The third kappa shape index (κ3) is 40.5. The number of nitrogens with one attached hydrogen (secondary N) is 1. The molecular formula is C50H86N6O11. The summed E-state index contributed by atoms with van der Waals surface area (Å²) in [6.45, 7) is 26.3. The molecule has 17 nitrogen and oxygen atoms in total. The molecule has 0 aliphatic rings. The Balaban J connectivity index is 0. The zero-order valence-corrected chi connectivity index (χ0v) is 42.8. The molecule has 0 radical (unpaired) electrons. The standard InChI is InChI=1S/C19H25N5O3.C14H26O5.C9H18O.C8H17NO2/c1-13(2)17(25)8-10-27-11-9-20-18(26)12-15-4-6-16(7-5-15)19-23-21-14(3)22-24-19;1-12(2)14(16)5-7-18-9-11-19-10-8-17-6-4-13(3)15;1-4-5-6-7-9(10)8(2)3;1-7(2)8(10)3-5-11-6-4-9/h4-7,13H,8-12H2,1-3H3,(H,20,26);12H,4-11H2,1-3H3;8H,4-7H2,1-3H3;7H,3-6,9H2,1-2H3. The minimum atomic E-state index is -0.0838. The van der Waals surface area contributed by atoms with Crippen molar-refractivity contribution in [2.75, 3.05) is 79.2 Å². The van der Waals surface area contributed by atoms with Crippen LogP contribution in [0.2, 0.25) is 0 Å². The molecule has 67 heavy (non-hydrogen) atoms. The number of benzene rings is 1. The summed E-state index contributed by atoms with van der Waals surface area (Å²) >= 11 is 0. The van der Waals surface area contributed by atoms with E-state index in [1.165, 1.54) is 12.8 Å². The molecule has 0 saturated carbocycles. The van der Waals surface area contributed by atoms with Gasteiger partial charge in [-0.25, -0.2) is 0 Å². The number of carbonyl (C=O) groups is 6. The number of ether oxygens (including phenoxy) is 5. The highest BCUT2D eigenvalue weighted by atomic mass is 16.5. The summed E-state index contributed by atoms with van der Waals surface area (Å²) in [5, 5.41) is 18.5. The second kappa shape index (κ2) is 43.0. The Morgan fingerprint density at radius 3 is 1.36 bits per heavy atom. The molecule has 1 amide bonds. The molecule has 17 heteroatoms. The topological polar surface area (TPSA) is 238 Å². The highest BCUT2D eigenvalue weighted by molar-refractivity contribution is 5.81. The van der Waals surface area contributed by atoms with Crippen LogP contribution in [0.5, 0.6) is 0 Å². The minimum Gasteiger partial charge on any atom is -0.380 e. The first-order valence-electron chi connectivity index (χ1n) is 23.9. The molecule has 0 bridgehead atoms. The van der Waals surface area contributed by atoms with Crippen LogP contribution in [0.3, 0.4) is 0 Å². The van der Waals surface area contributed by atoms with Crippen molar-refractivity contribution in [3.8, 4) is 11.4 Å². The molecule has 0 atom stereocenters. The zero-order chi connectivity index (χ0) is 50.8. The van der Waals surface area contributed by atoms with Crippen molar-refractivity contribution in [2.24, 2.45) is 29.4 Å². The lowest BCUT2D eigenvalue weighted by Gasteiger charge is -2.08. The smallest absolute Gasteiger partial charge is 0.224 e.